The van der Waals surface area contributed by atoms with Gasteiger partial charge in [-0.1, -0.05) is 5.92 Å². The summed E-state index contributed by atoms with van der Waals surface area (Å²) in [6.07, 6.45) is -4.91. The monoisotopic (exact) mass is 151 g/mol. The van der Waals surface area contributed by atoms with Gasteiger partial charge in [-0.2, -0.15) is 13.2 Å². The minimum Gasteiger partial charge on any atom is -0.346 e. The number of nitrogens with one attached hydrogen (secondary N) is 1. The van der Waals surface area contributed by atoms with Gasteiger partial charge in [-0.3, -0.25) is 0 Å². The van der Waals surface area contributed by atoms with E-state index in [-0.39, 0.29) is 6.54 Å². The lowest BCUT2D eigenvalue weighted by Gasteiger charge is -2.03. The van der Waals surface area contributed by atoms with Crippen molar-refractivity contribution in [2.45, 2.75) is 19.5 Å². The largest absolute Gasteiger partial charge is 0.390 e. The van der Waals surface area contributed by atoms with E-state index in [9.17, 15) is 13.2 Å². The van der Waals surface area contributed by atoms with Crippen LogP contribution in [-0.4, -0.2) is 12.7 Å². The highest BCUT2D eigenvalue weighted by atomic mass is 19.4. The molecule has 0 unspecified atom stereocenters. The molecule has 0 spiro atoms. The summed E-state index contributed by atoms with van der Waals surface area (Å²) in [5.74, 6) is 2.43. The molecule has 10 heavy (non-hydrogen) atoms. The Morgan fingerprint density at radius 1 is 1.40 bits per heavy atom. The number of halogens is 3. The molecular formula is C6H8F3N. The molecule has 1 nitrogen and oxygen atoms in total. The highest BCUT2D eigenvalue weighted by molar-refractivity contribution is 4.91. The summed E-state index contributed by atoms with van der Waals surface area (Å²) in [5, 5.41) is 2.31. The zero-order valence-corrected chi connectivity index (χ0v) is 5.55. The van der Waals surface area contributed by atoms with Gasteiger partial charge in [0.15, 0.2) is 0 Å². The summed E-state index contributed by atoms with van der Waals surface area (Å²) in [5.41, 5.74) is 0. The molecule has 0 aliphatic carbocycles. The van der Waals surface area contributed by atoms with Crippen LogP contribution >= 0.6 is 0 Å². The first-order valence-electron chi connectivity index (χ1n) is 2.77. The van der Waals surface area contributed by atoms with E-state index in [4.69, 9.17) is 0 Å². The molecule has 0 saturated carbocycles. The second-order valence-corrected chi connectivity index (χ2v) is 1.67. The maximum atomic E-state index is 11.4. The topological polar surface area (TPSA) is 12.0 Å². The normalized spacial score (nSPS) is 10.0. The lowest BCUT2D eigenvalue weighted by Crippen LogP contribution is -2.17. The van der Waals surface area contributed by atoms with E-state index in [1.54, 1.807) is 6.92 Å². The van der Waals surface area contributed by atoms with Crippen LogP contribution in [0.1, 0.15) is 13.3 Å². The van der Waals surface area contributed by atoms with Gasteiger partial charge in [0.2, 0.25) is 0 Å². The van der Waals surface area contributed by atoms with Crippen LogP contribution in [0.3, 0.4) is 0 Å². The van der Waals surface area contributed by atoms with Gasteiger partial charge in [-0.25, -0.2) is 0 Å². The predicted molar refractivity (Wildman–Crippen MR) is 32.1 cm³/mol. The van der Waals surface area contributed by atoms with Crippen LogP contribution in [0.15, 0.2) is 0 Å². The van der Waals surface area contributed by atoms with E-state index in [2.05, 4.69) is 17.3 Å². The molecule has 4 heteroatoms. The van der Waals surface area contributed by atoms with Gasteiger partial charge in [0, 0.05) is 12.6 Å². The molecule has 0 aliphatic heterocycles. The summed E-state index contributed by atoms with van der Waals surface area (Å²) in [6, 6.07) is 2.32. The number of rotatable bonds is 2. The Labute approximate surface area is 57.6 Å². The van der Waals surface area contributed by atoms with E-state index in [0.717, 1.165) is 0 Å². The van der Waals surface area contributed by atoms with Crippen molar-refractivity contribution in [1.29, 1.82) is 0 Å². The molecule has 1 N–H and O–H groups in total. The Hall–Kier alpha value is -0.850. The first-order chi connectivity index (χ1) is 4.56. The number of hydrogen-bond acceptors (Lipinski definition) is 1. The van der Waals surface area contributed by atoms with Gasteiger partial charge in [-0.05, 0) is 6.92 Å². The van der Waals surface area contributed by atoms with E-state index in [1.165, 1.54) is 0 Å². The third-order valence-corrected chi connectivity index (χ3v) is 0.747. The Morgan fingerprint density at radius 3 is 2.40 bits per heavy atom. The lowest BCUT2D eigenvalue weighted by atomic mass is 10.4. The third kappa shape index (κ3) is 7.15. The number of alkyl halides is 3. The van der Waals surface area contributed by atoms with Crippen molar-refractivity contribution in [3.8, 4) is 12.0 Å². The average Bonchev–Trinajstić information content (AvgIpc) is 1.78. The lowest BCUT2D eigenvalue weighted by molar-refractivity contribution is -0.132. The van der Waals surface area contributed by atoms with Crippen molar-refractivity contribution >= 4 is 0 Å². The van der Waals surface area contributed by atoms with Gasteiger partial charge in [0.1, 0.15) is 0 Å². The average molecular weight is 151 g/mol. The quantitative estimate of drug-likeness (QED) is 0.358. The van der Waals surface area contributed by atoms with Crippen LogP contribution in [-0.2, 0) is 0 Å². The minimum atomic E-state index is -4.08. The van der Waals surface area contributed by atoms with Crippen LogP contribution in [0.25, 0.3) is 0 Å². The molecule has 0 radical (unpaired) electrons. The van der Waals surface area contributed by atoms with E-state index in [1.807, 2.05) is 0 Å². The standard InChI is InChI=1S/C6H8F3N/c1-2-4-10-5-3-6(7,8)9/h10H,3,5H2,1H3. The highest BCUT2D eigenvalue weighted by Gasteiger charge is 2.25. The molecule has 0 bridgehead atoms. The second-order valence-electron chi connectivity index (χ2n) is 1.67. The van der Waals surface area contributed by atoms with Crippen LogP contribution in [0, 0.1) is 12.0 Å². The fourth-order valence-electron chi connectivity index (χ4n) is 0.355. The SMILES string of the molecule is CC#CNCCC(F)(F)F. The Bertz CT molecular complexity index is 139. The first kappa shape index (κ1) is 9.15. The van der Waals surface area contributed by atoms with Crippen molar-refractivity contribution in [3.63, 3.8) is 0 Å². The fourth-order valence-corrected chi connectivity index (χ4v) is 0.355. The van der Waals surface area contributed by atoms with Crippen molar-refractivity contribution < 1.29 is 13.2 Å². The maximum absolute atomic E-state index is 11.4. The Morgan fingerprint density at radius 2 is 2.00 bits per heavy atom. The summed E-state index contributed by atoms with van der Waals surface area (Å²) < 4.78 is 34.2. The smallest absolute Gasteiger partial charge is 0.346 e. The summed E-state index contributed by atoms with van der Waals surface area (Å²) in [7, 11) is 0. The zero-order valence-electron chi connectivity index (χ0n) is 5.55. The molecule has 0 saturated heterocycles. The second kappa shape index (κ2) is 4.04. The van der Waals surface area contributed by atoms with Crippen molar-refractivity contribution in [2.75, 3.05) is 6.54 Å². The Kier molecular flexibility index (Phi) is 3.70. The fraction of sp³-hybridized carbons (Fsp3) is 0.667. The molecule has 0 aliphatic rings. The van der Waals surface area contributed by atoms with E-state index < -0.39 is 12.6 Å². The van der Waals surface area contributed by atoms with Crippen molar-refractivity contribution in [2.24, 2.45) is 0 Å². The molecule has 0 atom stereocenters. The molecule has 0 rings (SSSR count). The van der Waals surface area contributed by atoms with Gasteiger partial charge in [-0.15, -0.1) is 0 Å². The van der Waals surface area contributed by atoms with Gasteiger partial charge in [0.05, 0.1) is 6.42 Å². The predicted octanol–water partition coefficient (Wildman–Crippen LogP) is 1.51. The van der Waals surface area contributed by atoms with Crippen molar-refractivity contribution in [3.05, 3.63) is 0 Å². The molecule has 0 amide bonds. The zero-order chi connectivity index (χ0) is 8.04. The molecule has 0 aromatic rings. The summed E-state index contributed by atoms with van der Waals surface area (Å²) >= 11 is 0. The van der Waals surface area contributed by atoms with Crippen molar-refractivity contribution in [1.82, 2.24) is 5.32 Å². The number of hydrogen-bond donors (Lipinski definition) is 1. The molecule has 0 aromatic carbocycles. The Balaban J connectivity index is 3.26. The van der Waals surface area contributed by atoms with Crippen LogP contribution in [0.5, 0.6) is 0 Å². The molecule has 0 fully saturated rings. The van der Waals surface area contributed by atoms with Gasteiger partial charge < -0.3 is 5.32 Å². The van der Waals surface area contributed by atoms with E-state index >= 15 is 0 Å². The first-order valence-corrected chi connectivity index (χ1v) is 2.77. The van der Waals surface area contributed by atoms with E-state index in [0.29, 0.717) is 0 Å². The van der Waals surface area contributed by atoms with Crippen LogP contribution < -0.4 is 5.32 Å². The third-order valence-electron chi connectivity index (χ3n) is 0.747. The van der Waals surface area contributed by atoms with Crippen LogP contribution in [0.4, 0.5) is 13.2 Å². The summed E-state index contributed by atoms with van der Waals surface area (Å²) in [6.45, 7) is 1.42. The molecule has 0 aromatic heterocycles. The molecular weight excluding hydrogens is 143 g/mol. The highest BCUT2D eigenvalue weighted by Crippen LogP contribution is 2.17. The van der Waals surface area contributed by atoms with Gasteiger partial charge >= 0.3 is 6.18 Å². The van der Waals surface area contributed by atoms with Gasteiger partial charge in [0.25, 0.3) is 0 Å². The van der Waals surface area contributed by atoms with Crippen LogP contribution in [0.2, 0.25) is 0 Å². The molecule has 58 valence electrons. The minimum absolute atomic E-state index is 0.135. The maximum Gasteiger partial charge on any atom is 0.390 e. The molecule has 0 heterocycles. The summed E-state index contributed by atoms with van der Waals surface area (Å²) in [4.78, 5) is 0.